The van der Waals surface area contributed by atoms with Gasteiger partial charge in [-0.3, -0.25) is 0 Å². The summed E-state index contributed by atoms with van der Waals surface area (Å²) in [7, 11) is 0. The van der Waals surface area contributed by atoms with Crippen molar-refractivity contribution in [3.63, 3.8) is 0 Å². The summed E-state index contributed by atoms with van der Waals surface area (Å²) in [6, 6.07) is 10.4. The third-order valence-electron chi connectivity index (χ3n) is 3.43. The Kier molecular flexibility index (Phi) is 6.33. The average Bonchev–Trinajstić information content (AvgIpc) is 2.99. The summed E-state index contributed by atoms with van der Waals surface area (Å²) < 4.78 is 6.60. The first kappa shape index (κ1) is 16.1. The van der Waals surface area contributed by atoms with Gasteiger partial charge < -0.3 is 14.6 Å². The van der Waals surface area contributed by atoms with Crippen LogP contribution in [0.15, 0.2) is 45.5 Å². The number of nitrogens with one attached hydrogen (secondary N) is 1. The molecular formula is C17H23BrN2O. The van der Waals surface area contributed by atoms with E-state index >= 15 is 0 Å². The van der Waals surface area contributed by atoms with Crippen LogP contribution in [0.1, 0.15) is 31.6 Å². The predicted octanol–water partition coefficient (Wildman–Crippen LogP) is 4.57. The third-order valence-corrected chi connectivity index (χ3v) is 3.93. The van der Waals surface area contributed by atoms with Gasteiger partial charge in [-0.05, 0) is 55.8 Å². The van der Waals surface area contributed by atoms with Crippen LogP contribution in [0.2, 0.25) is 0 Å². The molecule has 0 unspecified atom stereocenters. The second-order valence-electron chi connectivity index (χ2n) is 5.04. The maximum Gasteiger partial charge on any atom is 0.123 e. The first-order valence-corrected chi connectivity index (χ1v) is 8.30. The summed E-state index contributed by atoms with van der Waals surface area (Å²) in [6.07, 6.45) is 2.88. The Morgan fingerprint density at radius 3 is 2.76 bits per heavy atom. The van der Waals surface area contributed by atoms with E-state index in [-0.39, 0.29) is 0 Å². The van der Waals surface area contributed by atoms with E-state index in [0.29, 0.717) is 0 Å². The topological polar surface area (TPSA) is 28.4 Å². The minimum absolute atomic E-state index is 0.798. The van der Waals surface area contributed by atoms with E-state index in [2.05, 4.69) is 58.2 Å². The van der Waals surface area contributed by atoms with Crippen LogP contribution in [0.25, 0.3) is 0 Å². The summed E-state index contributed by atoms with van der Waals surface area (Å²) in [5, 5.41) is 3.49. The molecule has 2 rings (SSSR count). The summed E-state index contributed by atoms with van der Waals surface area (Å²) in [6.45, 7) is 8.03. The molecule has 0 aliphatic carbocycles. The number of hydrogen-bond acceptors (Lipinski definition) is 3. The molecule has 0 atom stereocenters. The second kappa shape index (κ2) is 8.25. The molecule has 4 heteroatoms. The molecule has 0 spiro atoms. The Balaban J connectivity index is 2.18. The van der Waals surface area contributed by atoms with E-state index in [1.54, 1.807) is 6.26 Å². The van der Waals surface area contributed by atoms with E-state index in [0.717, 1.165) is 42.8 Å². The summed E-state index contributed by atoms with van der Waals surface area (Å²) in [4.78, 5) is 2.34. The lowest BCUT2D eigenvalue weighted by Gasteiger charge is -2.25. The average molecular weight is 351 g/mol. The van der Waals surface area contributed by atoms with Gasteiger partial charge in [0.15, 0.2) is 0 Å². The lowest BCUT2D eigenvalue weighted by molar-refractivity contribution is 0.503. The third kappa shape index (κ3) is 4.61. The van der Waals surface area contributed by atoms with Gasteiger partial charge in [-0.25, -0.2) is 0 Å². The molecule has 1 aromatic heterocycles. The second-order valence-corrected chi connectivity index (χ2v) is 5.96. The monoisotopic (exact) mass is 350 g/mol. The highest BCUT2D eigenvalue weighted by atomic mass is 79.9. The fourth-order valence-corrected chi connectivity index (χ4v) is 2.77. The molecule has 2 aromatic rings. The standard InChI is InChI=1S/C17H23BrN2O/c1-3-9-19-12-14-11-15(18)7-8-17(14)20(4-2)13-16-6-5-10-21-16/h5-8,10-11,19H,3-4,9,12-13H2,1-2H3. The molecule has 0 radical (unpaired) electrons. The van der Waals surface area contributed by atoms with Gasteiger partial charge in [0, 0.05) is 23.2 Å². The molecule has 114 valence electrons. The molecule has 0 saturated heterocycles. The first-order chi connectivity index (χ1) is 10.2. The van der Waals surface area contributed by atoms with E-state index in [9.17, 15) is 0 Å². The number of benzene rings is 1. The Morgan fingerprint density at radius 1 is 1.24 bits per heavy atom. The van der Waals surface area contributed by atoms with Crippen LogP contribution >= 0.6 is 15.9 Å². The number of hydrogen-bond donors (Lipinski definition) is 1. The number of nitrogens with zero attached hydrogens (tertiary/aromatic N) is 1. The molecule has 0 bridgehead atoms. The van der Waals surface area contributed by atoms with Crippen molar-refractivity contribution in [2.45, 2.75) is 33.4 Å². The minimum atomic E-state index is 0.798. The molecule has 1 heterocycles. The van der Waals surface area contributed by atoms with Crippen LogP contribution in [0.5, 0.6) is 0 Å². The molecular weight excluding hydrogens is 328 g/mol. The number of rotatable bonds is 8. The van der Waals surface area contributed by atoms with Gasteiger partial charge in [0.05, 0.1) is 12.8 Å². The van der Waals surface area contributed by atoms with Crippen molar-refractivity contribution >= 4 is 21.6 Å². The van der Waals surface area contributed by atoms with Crippen LogP contribution in [-0.2, 0) is 13.1 Å². The summed E-state index contributed by atoms with van der Waals surface area (Å²) in [5.41, 5.74) is 2.58. The molecule has 0 aliphatic rings. The summed E-state index contributed by atoms with van der Waals surface area (Å²) >= 11 is 3.57. The van der Waals surface area contributed by atoms with Gasteiger partial charge >= 0.3 is 0 Å². The van der Waals surface area contributed by atoms with Crippen molar-refractivity contribution < 1.29 is 4.42 Å². The van der Waals surface area contributed by atoms with Crippen LogP contribution in [0.4, 0.5) is 5.69 Å². The van der Waals surface area contributed by atoms with Crippen LogP contribution in [0.3, 0.4) is 0 Å². The molecule has 21 heavy (non-hydrogen) atoms. The molecule has 1 N–H and O–H groups in total. The largest absolute Gasteiger partial charge is 0.467 e. The molecule has 0 saturated carbocycles. The Hall–Kier alpha value is -1.26. The van der Waals surface area contributed by atoms with Crippen molar-refractivity contribution in [2.24, 2.45) is 0 Å². The molecule has 0 fully saturated rings. The Labute approximate surface area is 135 Å². The van der Waals surface area contributed by atoms with E-state index in [1.165, 1.54) is 11.3 Å². The molecule has 0 amide bonds. The quantitative estimate of drug-likeness (QED) is 0.707. The van der Waals surface area contributed by atoms with Gasteiger partial charge in [-0.2, -0.15) is 0 Å². The van der Waals surface area contributed by atoms with Gasteiger partial charge in [0.2, 0.25) is 0 Å². The highest BCUT2D eigenvalue weighted by Crippen LogP contribution is 2.26. The Bertz CT molecular complexity index is 540. The van der Waals surface area contributed by atoms with Gasteiger partial charge in [-0.1, -0.05) is 22.9 Å². The zero-order valence-electron chi connectivity index (χ0n) is 12.7. The number of anilines is 1. The fraction of sp³-hybridized carbons (Fsp3) is 0.412. The van der Waals surface area contributed by atoms with Crippen molar-refractivity contribution in [3.05, 3.63) is 52.4 Å². The highest BCUT2D eigenvalue weighted by Gasteiger charge is 2.12. The molecule has 3 nitrogen and oxygen atoms in total. The van der Waals surface area contributed by atoms with E-state index < -0.39 is 0 Å². The van der Waals surface area contributed by atoms with Crippen LogP contribution in [0, 0.1) is 0 Å². The maximum atomic E-state index is 5.48. The van der Waals surface area contributed by atoms with E-state index in [1.807, 2.05) is 12.1 Å². The normalized spacial score (nSPS) is 10.8. The first-order valence-electron chi connectivity index (χ1n) is 7.51. The fourth-order valence-electron chi connectivity index (χ4n) is 2.36. The van der Waals surface area contributed by atoms with Crippen molar-refractivity contribution in [2.75, 3.05) is 18.0 Å². The number of halogens is 1. The minimum Gasteiger partial charge on any atom is -0.467 e. The van der Waals surface area contributed by atoms with Crippen LogP contribution in [-0.4, -0.2) is 13.1 Å². The van der Waals surface area contributed by atoms with Gasteiger partial charge in [-0.15, -0.1) is 0 Å². The molecule has 1 aromatic carbocycles. The molecule has 0 aliphatic heterocycles. The lowest BCUT2D eigenvalue weighted by atomic mass is 10.1. The van der Waals surface area contributed by atoms with Crippen molar-refractivity contribution in [3.8, 4) is 0 Å². The smallest absolute Gasteiger partial charge is 0.123 e. The SMILES string of the molecule is CCCNCc1cc(Br)ccc1N(CC)Cc1ccco1. The lowest BCUT2D eigenvalue weighted by Crippen LogP contribution is -2.24. The Morgan fingerprint density at radius 2 is 2.10 bits per heavy atom. The van der Waals surface area contributed by atoms with Crippen molar-refractivity contribution in [1.29, 1.82) is 0 Å². The predicted molar refractivity (Wildman–Crippen MR) is 91.6 cm³/mol. The van der Waals surface area contributed by atoms with Gasteiger partial charge in [0.1, 0.15) is 5.76 Å². The summed E-state index contributed by atoms with van der Waals surface area (Å²) in [5.74, 6) is 0.993. The zero-order chi connectivity index (χ0) is 15.1. The zero-order valence-corrected chi connectivity index (χ0v) is 14.3. The van der Waals surface area contributed by atoms with Crippen molar-refractivity contribution in [1.82, 2.24) is 5.32 Å². The van der Waals surface area contributed by atoms with Crippen LogP contribution < -0.4 is 10.2 Å². The highest BCUT2D eigenvalue weighted by molar-refractivity contribution is 9.10. The number of furan rings is 1. The van der Waals surface area contributed by atoms with Gasteiger partial charge in [0.25, 0.3) is 0 Å². The maximum absolute atomic E-state index is 5.48. The van der Waals surface area contributed by atoms with E-state index in [4.69, 9.17) is 4.42 Å².